The summed E-state index contributed by atoms with van der Waals surface area (Å²) in [4.78, 5) is 27.2. The minimum atomic E-state index is 0.0147. The highest BCUT2D eigenvalue weighted by Crippen LogP contribution is 2.30. The zero-order chi connectivity index (χ0) is 22.9. The predicted molar refractivity (Wildman–Crippen MR) is 135 cm³/mol. The molecule has 0 aliphatic carbocycles. The van der Waals surface area contributed by atoms with Crippen LogP contribution < -0.4 is 10.9 Å². The molecule has 0 fully saturated rings. The normalized spacial score (nSPS) is 12.2. The summed E-state index contributed by atoms with van der Waals surface area (Å²) in [5, 5.41) is 2.74. The molecule has 0 atom stereocenters. The fraction of sp³-hybridized carbons (Fsp3) is 0.286. The van der Waals surface area contributed by atoms with E-state index < -0.39 is 0 Å². The van der Waals surface area contributed by atoms with E-state index in [1.807, 2.05) is 50.2 Å². The largest absolute Gasteiger partial charge is 0.338 e. The maximum absolute atomic E-state index is 13.6. The van der Waals surface area contributed by atoms with E-state index in [1.165, 1.54) is 0 Å². The van der Waals surface area contributed by atoms with Crippen LogP contribution in [0.1, 0.15) is 50.9 Å². The maximum Gasteiger partial charge on any atom is 0.197 e. The van der Waals surface area contributed by atoms with Gasteiger partial charge in [-0.1, -0.05) is 12.1 Å². The fourth-order valence-electron chi connectivity index (χ4n) is 5.07. The first-order chi connectivity index (χ1) is 15.2. The molecule has 3 aromatic carbocycles. The Bertz CT molecular complexity index is 1560. The molecule has 5 rings (SSSR count). The summed E-state index contributed by atoms with van der Waals surface area (Å²) in [7, 11) is 0. The first kappa shape index (κ1) is 20.5. The zero-order valence-electron chi connectivity index (χ0n) is 19.5. The molecule has 32 heavy (non-hydrogen) atoms. The standard InChI is InChI=1S/C28H28N2O2/c1-15(2)29-23-11-17(5)7-9-19(23)27(31)21-14-26-22(13-25(21)29)28(32)20-10-8-18(6)12-24(20)30(26)16(3)4/h7-16H,1-6H3. The lowest BCUT2D eigenvalue weighted by Crippen LogP contribution is -2.17. The Morgan fingerprint density at radius 2 is 0.875 bits per heavy atom. The molecule has 0 aliphatic rings. The Hall–Kier alpha value is -3.40. The SMILES string of the molecule is Cc1ccc2c(=O)c3cc4c(cc3n(C(C)C)c2c1)c(=O)c1ccc(C)cc1n4C(C)C. The number of pyridine rings is 2. The van der Waals surface area contributed by atoms with E-state index >= 15 is 0 Å². The van der Waals surface area contributed by atoms with Crippen molar-refractivity contribution in [3.05, 3.63) is 80.1 Å². The highest BCUT2D eigenvalue weighted by atomic mass is 16.1. The molecule has 0 saturated carbocycles. The second-order valence-corrected chi connectivity index (χ2v) is 9.51. The Morgan fingerprint density at radius 1 is 0.531 bits per heavy atom. The molecule has 0 aliphatic heterocycles. The van der Waals surface area contributed by atoms with Gasteiger partial charge in [0.25, 0.3) is 0 Å². The summed E-state index contributed by atoms with van der Waals surface area (Å²) >= 11 is 0. The summed E-state index contributed by atoms with van der Waals surface area (Å²) < 4.78 is 4.38. The van der Waals surface area contributed by atoms with Crippen molar-refractivity contribution in [1.82, 2.24) is 9.13 Å². The number of aromatic nitrogens is 2. The number of hydrogen-bond acceptors (Lipinski definition) is 2. The summed E-state index contributed by atoms with van der Waals surface area (Å²) in [6.45, 7) is 12.5. The van der Waals surface area contributed by atoms with Gasteiger partial charge < -0.3 is 9.13 Å². The number of benzene rings is 3. The molecule has 2 aromatic heterocycles. The van der Waals surface area contributed by atoms with Crippen LogP contribution in [0.5, 0.6) is 0 Å². The number of aryl methyl sites for hydroxylation is 2. The molecule has 0 N–H and O–H groups in total. The lowest BCUT2D eigenvalue weighted by atomic mass is 10.0. The van der Waals surface area contributed by atoms with Gasteiger partial charge in [0.15, 0.2) is 10.9 Å². The number of hydrogen-bond donors (Lipinski definition) is 0. The van der Waals surface area contributed by atoms with Crippen LogP contribution in [0.25, 0.3) is 43.6 Å². The van der Waals surface area contributed by atoms with Gasteiger partial charge in [0, 0.05) is 33.6 Å². The highest BCUT2D eigenvalue weighted by Gasteiger charge is 2.19. The van der Waals surface area contributed by atoms with Gasteiger partial charge in [0.2, 0.25) is 0 Å². The van der Waals surface area contributed by atoms with Crippen molar-refractivity contribution in [2.45, 2.75) is 53.6 Å². The van der Waals surface area contributed by atoms with Crippen LogP contribution in [0.2, 0.25) is 0 Å². The van der Waals surface area contributed by atoms with Gasteiger partial charge in [0.05, 0.1) is 22.1 Å². The van der Waals surface area contributed by atoms with Crippen LogP contribution in [0.15, 0.2) is 58.1 Å². The third kappa shape index (κ3) is 2.82. The van der Waals surface area contributed by atoms with Crippen molar-refractivity contribution in [3.8, 4) is 0 Å². The van der Waals surface area contributed by atoms with Crippen LogP contribution in [0.4, 0.5) is 0 Å². The van der Waals surface area contributed by atoms with E-state index in [0.29, 0.717) is 21.5 Å². The van der Waals surface area contributed by atoms with E-state index in [4.69, 9.17) is 0 Å². The van der Waals surface area contributed by atoms with Crippen molar-refractivity contribution in [1.29, 1.82) is 0 Å². The van der Waals surface area contributed by atoms with Gasteiger partial charge in [-0.3, -0.25) is 9.59 Å². The number of rotatable bonds is 2. The van der Waals surface area contributed by atoms with E-state index in [2.05, 4.69) is 49.0 Å². The average molecular weight is 425 g/mol. The van der Waals surface area contributed by atoms with Crippen molar-refractivity contribution in [2.75, 3.05) is 0 Å². The molecule has 4 heteroatoms. The number of fused-ring (bicyclic) bond motifs is 4. The smallest absolute Gasteiger partial charge is 0.197 e. The third-order valence-electron chi connectivity index (χ3n) is 6.47. The third-order valence-corrected chi connectivity index (χ3v) is 6.47. The zero-order valence-corrected chi connectivity index (χ0v) is 19.5. The summed E-state index contributed by atoms with van der Waals surface area (Å²) in [6.07, 6.45) is 0. The molecular weight excluding hydrogens is 396 g/mol. The molecule has 0 radical (unpaired) electrons. The minimum absolute atomic E-state index is 0.0147. The molecular formula is C28H28N2O2. The van der Waals surface area contributed by atoms with Crippen LogP contribution >= 0.6 is 0 Å². The molecule has 0 amide bonds. The van der Waals surface area contributed by atoms with Gasteiger partial charge in [-0.25, -0.2) is 0 Å². The molecule has 0 unspecified atom stereocenters. The molecule has 162 valence electrons. The van der Waals surface area contributed by atoms with E-state index in [9.17, 15) is 9.59 Å². The molecule has 2 heterocycles. The average Bonchev–Trinajstić information content (AvgIpc) is 2.72. The van der Waals surface area contributed by atoms with Crippen molar-refractivity contribution in [2.24, 2.45) is 0 Å². The van der Waals surface area contributed by atoms with E-state index in [1.54, 1.807) is 0 Å². The van der Waals surface area contributed by atoms with E-state index in [0.717, 1.165) is 33.2 Å². The maximum atomic E-state index is 13.6. The topological polar surface area (TPSA) is 44.0 Å². The fourth-order valence-corrected chi connectivity index (χ4v) is 5.07. The van der Waals surface area contributed by atoms with Gasteiger partial charge >= 0.3 is 0 Å². The van der Waals surface area contributed by atoms with Gasteiger partial charge in [-0.15, -0.1) is 0 Å². The Labute approximate surface area is 186 Å². The van der Waals surface area contributed by atoms with Crippen LogP contribution in [-0.2, 0) is 0 Å². The van der Waals surface area contributed by atoms with Crippen molar-refractivity contribution in [3.63, 3.8) is 0 Å². The summed E-state index contributed by atoms with van der Waals surface area (Å²) in [6, 6.07) is 16.1. The van der Waals surface area contributed by atoms with Crippen molar-refractivity contribution < 1.29 is 0 Å². The first-order valence-corrected chi connectivity index (χ1v) is 11.3. The van der Waals surface area contributed by atoms with Crippen LogP contribution in [0.3, 0.4) is 0 Å². The van der Waals surface area contributed by atoms with Gasteiger partial charge in [-0.2, -0.15) is 0 Å². The Kier molecular flexibility index (Phi) is 4.52. The summed E-state index contributed by atoms with van der Waals surface area (Å²) in [5.74, 6) is 0. The van der Waals surface area contributed by atoms with Gasteiger partial charge in [0.1, 0.15) is 0 Å². The number of nitrogens with zero attached hydrogens (tertiary/aromatic N) is 2. The molecule has 0 spiro atoms. The Morgan fingerprint density at radius 3 is 1.22 bits per heavy atom. The molecule has 0 bridgehead atoms. The minimum Gasteiger partial charge on any atom is -0.338 e. The first-order valence-electron chi connectivity index (χ1n) is 11.3. The lowest BCUT2D eigenvalue weighted by molar-refractivity contribution is 0.636. The van der Waals surface area contributed by atoms with Gasteiger partial charge in [-0.05, 0) is 89.1 Å². The molecule has 4 nitrogen and oxygen atoms in total. The highest BCUT2D eigenvalue weighted by molar-refractivity contribution is 6.04. The second-order valence-electron chi connectivity index (χ2n) is 9.51. The summed E-state index contributed by atoms with van der Waals surface area (Å²) in [5.41, 5.74) is 5.70. The lowest BCUT2D eigenvalue weighted by Gasteiger charge is -2.22. The predicted octanol–water partition coefficient (Wildman–Crippen LogP) is 6.40. The molecule has 5 aromatic rings. The second kappa shape index (κ2) is 7.06. The monoisotopic (exact) mass is 424 g/mol. The quantitative estimate of drug-likeness (QED) is 0.308. The van der Waals surface area contributed by atoms with Crippen LogP contribution in [0, 0.1) is 13.8 Å². The van der Waals surface area contributed by atoms with E-state index in [-0.39, 0.29) is 22.9 Å². The van der Waals surface area contributed by atoms with Crippen LogP contribution in [-0.4, -0.2) is 9.13 Å². The van der Waals surface area contributed by atoms with Crippen molar-refractivity contribution >= 4 is 43.6 Å². The Balaban J connectivity index is 2.12. The molecule has 0 saturated heterocycles.